The summed E-state index contributed by atoms with van der Waals surface area (Å²) in [5.41, 5.74) is 3.21. The molecule has 1 aromatic carbocycles. The van der Waals surface area contributed by atoms with Crippen LogP contribution in [0.5, 0.6) is 0 Å². The third-order valence-electron chi connectivity index (χ3n) is 6.32. The Morgan fingerprint density at radius 1 is 1.09 bits per heavy atom. The first-order chi connectivity index (χ1) is 15.6. The molecular weight excluding hydrogens is 402 g/mol. The topological polar surface area (TPSA) is 81.7 Å². The summed E-state index contributed by atoms with van der Waals surface area (Å²) in [6, 6.07) is 8.45. The highest BCUT2D eigenvalue weighted by Gasteiger charge is 2.21. The van der Waals surface area contributed by atoms with Crippen LogP contribution in [0.25, 0.3) is 22.0 Å². The number of likely N-dealkylation sites (tertiary alicyclic amines) is 1. The fourth-order valence-corrected chi connectivity index (χ4v) is 4.37. The molecule has 0 aliphatic carbocycles. The van der Waals surface area contributed by atoms with Crippen LogP contribution >= 0.6 is 0 Å². The van der Waals surface area contributed by atoms with Crippen molar-refractivity contribution in [1.82, 2.24) is 34.7 Å². The van der Waals surface area contributed by atoms with E-state index in [9.17, 15) is 4.79 Å². The number of aryl methyl sites for hydroxylation is 1. The van der Waals surface area contributed by atoms with Gasteiger partial charge in [0, 0.05) is 49.2 Å². The van der Waals surface area contributed by atoms with Gasteiger partial charge in [0.05, 0.1) is 30.4 Å². The smallest absolute Gasteiger partial charge is 0.171 e. The monoisotopic (exact) mass is 429 g/mol. The van der Waals surface area contributed by atoms with Crippen molar-refractivity contribution in [2.75, 3.05) is 19.6 Å². The van der Waals surface area contributed by atoms with Crippen molar-refractivity contribution in [1.29, 1.82) is 0 Å². The van der Waals surface area contributed by atoms with Gasteiger partial charge in [-0.2, -0.15) is 5.10 Å². The molecule has 5 rings (SSSR count). The van der Waals surface area contributed by atoms with Gasteiger partial charge >= 0.3 is 0 Å². The zero-order chi connectivity index (χ0) is 22.1. The van der Waals surface area contributed by atoms with Crippen molar-refractivity contribution in [2.24, 2.45) is 7.05 Å². The highest BCUT2D eigenvalue weighted by molar-refractivity contribution is 5.97. The zero-order valence-corrected chi connectivity index (χ0v) is 18.5. The molecule has 0 bridgehead atoms. The van der Waals surface area contributed by atoms with Gasteiger partial charge in [-0.15, -0.1) is 5.10 Å². The number of hydrogen-bond acceptors (Lipinski definition) is 6. The number of piperidine rings is 1. The van der Waals surface area contributed by atoms with Gasteiger partial charge in [0.15, 0.2) is 5.78 Å². The molecule has 4 heterocycles. The number of pyridine rings is 1. The second kappa shape index (κ2) is 8.63. The van der Waals surface area contributed by atoms with Crippen LogP contribution < -0.4 is 0 Å². The van der Waals surface area contributed by atoms with Gasteiger partial charge < -0.3 is 4.90 Å². The lowest BCUT2D eigenvalue weighted by Crippen LogP contribution is -2.34. The Morgan fingerprint density at radius 3 is 2.69 bits per heavy atom. The minimum absolute atomic E-state index is 0.0409. The Balaban J connectivity index is 1.31. The second-order valence-corrected chi connectivity index (χ2v) is 8.49. The van der Waals surface area contributed by atoms with Crippen molar-refractivity contribution in [3.8, 4) is 11.3 Å². The number of fused-ring (bicyclic) bond motifs is 1. The predicted octanol–water partition coefficient (Wildman–Crippen LogP) is 3.31. The summed E-state index contributed by atoms with van der Waals surface area (Å²) >= 11 is 0. The molecule has 8 heteroatoms. The number of carbonyl (C=O) groups is 1. The first-order valence-corrected chi connectivity index (χ1v) is 11.1. The number of hydrogen-bond donors (Lipinski definition) is 0. The van der Waals surface area contributed by atoms with Crippen molar-refractivity contribution in [3.05, 3.63) is 60.3 Å². The molecule has 1 fully saturated rings. The maximum Gasteiger partial charge on any atom is 0.171 e. The van der Waals surface area contributed by atoms with Crippen LogP contribution in [0, 0.1) is 0 Å². The third kappa shape index (κ3) is 4.18. The van der Waals surface area contributed by atoms with E-state index in [0.717, 1.165) is 60.2 Å². The number of ketones is 1. The van der Waals surface area contributed by atoms with Gasteiger partial charge in [-0.25, -0.2) is 0 Å². The van der Waals surface area contributed by atoms with Gasteiger partial charge in [0.25, 0.3) is 0 Å². The lowest BCUT2D eigenvalue weighted by Gasteiger charge is -2.31. The molecule has 0 saturated carbocycles. The largest absolute Gasteiger partial charge is 0.303 e. The Labute approximate surface area is 186 Å². The maximum absolute atomic E-state index is 12.9. The molecule has 1 aliphatic rings. The van der Waals surface area contributed by atoms with Gasteiger partial charge in [-0.05, 0) is 36.9 Å². The van der Waals surface area contributed by atoms with Crippen molar-refractivity contribution in [3.63, 3.8) is 0 Å². The van der Waals surface area contributed by atoms with Crippen LogP contribution in [0.3, 0.4) is 0 Å². The van der Waals surface area contributed by atoms with Gasteiger partial charge in [-0.1, -0.05) is 24.3 Å². The van der Waals surface area contributed by atoms with E-state index >= 15 is 0 Å². The van der Waals surface area contributed by atoms with E-state index in [1.54, 1.807) is 10.9 Å². The number of aromatic nitrogens is 6. The second-order valence-electron chi connectivity index (χ2n) is 8.49. The van der Waals surface area contributed by atoms with E-state index < -0.39 is 0 Å². The first-order valence-electron chi connectivity index (χ1n) is 11.1. The fourth-order valence-electron chi connectivity index (χ4n) is 4.37. The van der Waals surface area contributed by atoms with Crippen molar-refractivity contribution in [2.45, 2.75) is 32.2 Å². The zero-order valence-electron chi connectivity index (χ0n) is 18.5. The minimum Gasteiger partial charge on any atom is -0.303 e. The van der Waals surface area contributed by atoms with E-state index in [2.05, 4.69) is 38.3 Å². The molecule has 1 aliphatic heterocycles. The number of Topliss-reactive ketones (excluding diaryl/α,β-unsaturated/α-hetero) is 1. The normalized spacial score (nSPS) is 15.4. The quantitative estimate of drug-likeness (QED) is 0.438. The minimum atomic E-state index is 0.0409. The lowest BCUT2D eigenvalue weighted by molar-refractivity contribution is 0.0991. The molecule has 1 saturated heterocycles. The summed E-state index contributed by atoms with van der Waals surface area (Å²) in [7, 11) is 1.85. The molecule has 164 valence electrons. The highest BCUT2D eigenvalue weighted by Crippen LogP contribution is 2.24. The molecule has 0 spiro atoms. The Kier molecular flexibility index (Phi) is 5.53. The predicted molar refractivity (Wildman–Crippen MR) is 122 cm³/mol. The number of benzene rings is 1. The van der Waals surface area contributed by atoms with Gasteiger partial charge in [0.2, 0.25) is 0 Å². The van der Waals surface area contributed by atoms with E-state index in [1.807, 2.05) is 48.5 Å². The lowest BCUT2D eigenvalue weighted by atomic mass is 10.0. The van der Waals surface area contributed by atoms with Crippen molar-refractivity contribution >= 4 is 16.6 Å². The van der Waals surface area contributed by atoms with Crippen LogP contribution in [-0.2, 0) is 13.5 Å². The average Bonchev–Trinajstić information content (AvgIpc) is 3.48. The molecule has 0 atom stereocenters. The molecule has 3 aromatic heterocycles. The maximum atomic E-state index is 12.9. The Morgan fingerprint density at radius 2 is 1.94 bits per heavy atom. The summed E-state index contributed by atoms with van der Waals surface area (Å²) in [6.07, 6.45) is 9.71. The van der Waals surface area contributed by atoms with E-state index in [1.165, 1.54) is 0 Å². The fraction of sp³-hybridized carbons (Fsp3) is 0.375. The summed E-state index contributed by atoms with van der Waals surface area (Å²) in [4.78, 5) is 19.9. The van der Waals surface area contributed by atoms with Crippen LogP contribution in [0.4, 0.5) is 0 Å². The van der Waals surface area contributed by atoms with Crippen LogP contribution in [-0.4, -0.2) is 60.1 Å². The van der Waals surface area contributed by atoms with Gasteiger partial charge in [0.1, 0.15) is 5.69 Å². The summed E-state index contributed by atoms with van der Waals surface area (Å²) < 4.78 is 3.66. The number of rotatable bonds is 6. The molecule has 32 heavy (non-hydrogen) atoms. The molecular formula is C24H27N7O. The number of nitrogens with zero attached hydrogens (tertiary/aromatic N) is 7. The third-order valence-corrected chi connectivity index (χ3v) is 6.32. The number of carbonyl (C=O) groups excluding carboxylic acids is 1. The molecule has 0 radical (unpaired) electrons. The molecule has 8 nitrogen and oxygen atoms in total. The van der Waals surface area contributed by atoms with Gasteiger partial charge in [-0.3, -0.25) is 19.1 Å². The molecule has 0 unspecified atom stereocenters. The Hall–Kier alpha value is -3.39. The van der Waals surface area contributed by atoms with Crippen LogP contribution in [0.2, 0.25) is 0 Å². The SMILES string of the molecule is CCN1CCC(n2cc(C(=O)Cc3cc4cc(-c5cn(C)nn5)ccc4cn3)cn2)CC1. The average molecular weight is 430 g/mol. The highest BCUT2D eigenvalue weighted by atomic mass is 16.1. The molecule has 4 aromatic rings. The van der Waals surface area contributed by atoms with Crippen LogP contribution in [0.1, 0.15) is 41.9 Å². The first kappa shape index (κ1) is 20.5. The Bertz CT molecular complexity index is 1250. The molecule has 0 N–H and O–H groups in total. The van der Waals surface area contributed by atoms with E-state index in [-0.39, 0.29) is 12.2 Å². The van der Waals surface area contributed by atoms with Crippen LogP contribution in [0.15, 0.2) is 49.1 Å². The summed E-state index contributed by atoms with van der Waals surface area (Å²) in [6.45, 7) is 5.46. The molecule has 0 amide bonds. The van der Waals surface area contributed by atoms with E-state index in [4.69, 9.17) is 0 Å². The summed E-state index contributed by atoms with van der Waals surface area (Å²) in [5, 5.41) is 14.7. The van der Waals surface area contributed by atoms with E-state index in [0.29, 0.717) is 11.6 Å². The standard InChI is InChI=1S/C24H27N7O/c1-3-30-8-6-22(7-9-30)31-15-20(14-26-31)24(32)12-21-11-19-10-17(4-5-18(19)13-25-21)23-16-29(2)28-27-23/h4-5,10-11,13-16,22H,3,6-9,12H2,1-2H3. The van der Waals surface area contributed by atoms with Crippen molar-refractivity contribution < 1.29 is 4.79 Å². The summed E-state index contributed by atoms with van der Waals surface area (Å²) in [5.74, 6) is 0.0409.